The van der Waals surface area contributed by atoms with E-state index in [2.05, 4.69) is 40.7 Å². The van der Waals surface area contributed by atoms with Crippen LogP contribution < -0.4 is 4.74 Å². The molecule has 1 atom stereocenters. The number of carbonyl (C=O) groups is 2. The highest BCUT2D eigenvalue weighted by atomic mass is 35.5. The number of carboxylic acid groups (broad SMARTS) is 1. The molecule has 46 heavy (non-hydrogen) atoms. The van der Waals surface area contributed by atoms with Crippen molar-refractivity contribution in [3.05, 3.63) is 81.6 Å². The number of pyridine rings is 1. The topological polar surface area (TPSA) is 95.3 Å². The first-order valence-corrected chi connectivity index (χ1v) is 16.7. The molecule has 2 aromatic rings. The number of piperidine rings is 1. The number of allylic oxidation sites excluding steroid dienone is 3. The summed E-state index contributed by atoms with van der Waals surface area (Å²) in [6, 6.07) is 9.18. The first-order valence-electron chi connectivity index (χ1n) is 16.0. The number of nitrogens with zero attached hydrogens (tertiary/aromatic N) is 4. The van der Waals surface area contributed by atoms with E-state index in [0.717, 1.165) is 11.3 Å². The zero-order valence-electron chi connectivity index (χ0n) is 27.7. The van der Waals surface area contributed by atoms with Gasteiger partial charge in [-0.25, -0.2) is 4.79 Å². The van der Waals surface area contributed by atoms with Crippen molar-refractivity contribution in [3.8, 4) is 5.75 Å². The second-order valence-corrected chi connectivity index (χ2v) is 14.5. The van der Waals surface area contributed by atoms with Crippen LogP contribution in [0.3, 0.4) is 0 Å². The third kappa shape index (κ3) is 9.13. The molecule has 1 fully saturated rings. The first kappa shape index (κ1) is 35.5. The van der Waals surface area contributed by atoms with E-state index >= 15 is 0 Å². The molecule has 248 valence electrons. The number of amidine groups is 1. The Morgan fingerprint density at radius 1 is 1.11 bits per heavy atom. The number of rotatable bonds is 9. The van der Waals surface area contributed by atoms with Crippen molar-refractivity contribution < 1.29 is 19.4 Å². The lowest BCUT2D eigenvalue weighted by molar-refractivity contribution is -0.138. The van der Waals surface area contributed by atoms with E-state index in [1.807, 2.05) is 49.4 Å². The Morgan fingerprint density at radius 3 is 2.35 bits per heavy atom. The van der Waals surface area contributed by atoms with Crippen molar-refractivity contribution in [2.24, 2.45) is 16.8 Å². The molecule has 2 heterocycles. The highest BCUT2D eigenvalue weighted by Crippen LogP contribution is 2.35. The van der Waals surface area contributed by atoms with Crippen LogP contribution in [-0.4, -0.2) is 63.0 Å². The molecule has 1 aromatic carbocycles. The van der Waals surface area contributed by atoms with Crippen molar-refractivity contribution in [1.82, 2.24) is 14.8 Å². The number of urea groups is 1. The monoisotopic (exact) mass is 668 g/mol. The second kappa shape index (κ2) is 15.0. The van der Waals surface area contributed by atoms with E-state index in [-0.39, 0.29) is 36.2 Å². The van der Waals surface area contributed by atoms with E-state index in [1.54, 1.807) is 16.0 Å². The summed E-state index contributed by atoms with van der Waals surface area (Å²) in [7, 11) is 0. The number of hydrogen-bond donors (Lipinski definition) is 1. The van der Waals surface area contributed by atoms with Gasteiger partial charge in [0.15, 0.2) is 0 Å². The molecular weight excluding hydrogens is 623 g/mol. The van der Waals surface area contributed by atoms with Crippen LogP contribution >= 0.6 is 23.2 Å². The Bertz CT molecular complexity index is 1490. The van der Waals surface area contributed by atoms with Gasteiger partial charge in [-0.2, -0.15) is 0 Å². The van der Waals surface area contributed by atoms with Crippen molar-refractivity contribution in [2.75, 3.05) is 19.7 Å². The molecule has 0 spiro atoms. The van der Waals surface area contributed by atoms with Gasteiger partial charge < -0.3 is 14.7 Å². The van der Waals surface area contributed by atoms with Crippen molar-refractivity contribution in [3.63, 3.8) is 0 Å². The molecule has 10 heteroatoms. The first-order chi connectivity index (χ1) is 21.7. The van der Waals surface area contributed by atoms with Gasteiger partial charge in [-0.15, -0.1) is 0 Å². The summed E-state index contributed by atoms with van der Waals surface area (Å²) in [5.74, 6) is 0.321. The van der Waals surface area contributed by atoms with Crippen LogP contribution in [0.15, 0.2) is 64.8 Å². The van der Waals surface area contributed by atoms with Gasteiger partial charge >= 0.3 is 12.0 Å². The molecule has 2 amide bonds. The molecular formula is C36H46Cl2N4O4. The average molecular weight is 670 g/mol. The van der Waals surface area contributed by atoms with Gasteiger partial charge in [-0.05, 0) is 69.7 Å². The molecule has 1 unspecified atom stereocenters. The van der Waals surface area contributed by atoms with E-state index in [0.29, 0.717) is 66.2 Å². The van der Waals surface area contributed by atoms with Gasteiger partial charge in [0.2, 0.25) is 0 Å². The quantitative estimate of drug-likeness (QED) is 0.214. The Hall–Kier alpha value is -3.36. The minimum atomic E-state index is -0.812. The maximum absolute atomic E-state index is 14.6. The number of benzene rings is 1. The molecule has 2 aliphatic rings. The number of carbonyl (C=O) groups excluding carboxylic acids is 1. The number of aliphatic imine (C=N–C) groups is 1. The normalized spacial score (nSPS) is 17.9. The van der Waals surface area contributed by atoms with Crippen molar-refractivity contribution in [1.29, 1.82) is 0 Å². The van der Waals surface area contributed by atoms with E-state index in [1.165, 1.54) is 0 Å². The maximum Gasteiger partial charge on any atom is 0.325 e. The fraction of sp³-hybridized carbons (Fsp3) is 0.500. The molecule has 1 aromatic heterocycles. The van der Waals surface area contributed by atoms with E-state index in [9.17, 15) is 14.7 Å². The second-order valence-electron chi connectivity index (χ2n) is 13.7. The highest BCUT2D eigenvalue weighted by molar-refractivity contribution is 6.31. The van der Waals surface area contributed by atoms with Crippen LogP contribution in [-0.2, 0) is 16.8 Å². The van der Waals surface area contributed by atoms with E-state index < -0.39 is 11.5 Å². The number of amides is 2. The minimum Gasteiger partial charge on any atom is -0.493 e. The summed E-state index contributed by atoms with van der Waals surface area (Å²) in [4.78, 5) is 39.8. The average Bonchev–Trinajstić information content (AvgIpc) is 2.99. The van der Waals surface area contributed by atoms with E-state index in [4.69, 9.17) is 37.9 Å². The smallest absolute Gasteiger partial charge is 0.325 e. The number of carboxylic acids is 1. The standard InChI is InChI=1S/C36H46Cl2N4O4/c1-7-46-30-21-31(35(2,3)4)39-22-29(30)33(40-36(5,6)26-10-14-28(38)15-11-26)42(23-25-8-12-27(37)13-9-25)34(45)41-18-16-24(17-19-41)20-32(43)44/h8-10,12-15,21-22,24,26H,7,11,16-20,23H2,1-6H3,(H,43,44). The summed E-state index contributed by atoms with van der Waals surface area (Å²) in [5.41, 5.74) is 1.51. The number of halogens is 2. The Labute approximate surface area is 283 Å². The Balaban J connectivity index is 1.87. The fourth-order valence-electron chi connectivity index (χ4n) is 5.78. The van der Waals surface area contributed by atoms with Crippen LogP contribution in [0.4, 0.5) is 4.79 Å². The molecule has 8 nitrogen and oxygen atoms in total. The number of aliphatic carboxylic acids is 1. The fourth-order valence-corrected chi connectivity index (χ4v) is 6.07. The SMILES string of the molecule is CCOc1cc(C(C)(C)C)ncc1C(=NC(C)(C)C1C=CC(Cl)=CC1)N(Cc1ccc(Cl)cc1)C(=O)N1CCC(CC(=O)O)CC1. The predicted octanol–water partition coefficient (Wildman–Crippen LogP) is 8.46. The molecule has 0 bridgehead atoms. The maximum atomic E-state index is 14.6. The highest BCUT2D eigenvalue weighted by Gasteiger charge is 2.35. The molecule has 0 radical (unpaired) electrons. The predicted molar refractivity (Wildman–Crippen MR) is 185 cm³/mol. The lowest BCUT2D eigenvalue weighted by atomic mass is 9.83. The summed E-state index contributed by atoms with van der Waals surface area (Å²) in [6.07, 6.45) is 9.80. The lowest BCUT2D eigenvalue weighted by Crippen LogP contribution is -2.50. The van der Waals surface area contributed by atoms with Crippen LogP contribution in [0.5, 0.6) is 5.75 Å². The number of hydrogen-bond acceptors (Lipinski definition) is 5. The summed E-state index contributed by atoms with van der Waals surface area (Å²) in [5, 5.41) is 10.6. The number of aromatic nitrogens is 1. The van der Waals surface area contributed by atoms with Gasteiger partial charge in [0, 0.05) is 58.9 Å². The number of ether oxygens (including phenoxy) is 1. The largest absolute Gasteiger partial charge is 0.493 e. The summed E-state index contributed by atoms with van der Waals surface area (Å²) >= 11 is 12.5. The van der Waals surface area contributed by atoms with Crippen molar-refractivity contribution >= 4 is 41.0 Å². The van der Waals surface area contributed by atoms with Gasteiger partial charge in [0.1, 0.15) is 11.6 Å². The minimum absolute atomic E-state index is 0.0293. The van der Waals surface area contributed by atoms with Crippen LogP contribution in [0.1, 0.15) is 84.0 Å². The third-order valence-corrected chi connectivity index (χ3v) is 9.15. The molecule has 1 N–H and O–H groups in total. The van der Waals surface area contributed by atoms with Crippen molar-refractivity contribution in [2.45, 2.75) is 84.7 Å². The molecule has 1 aliphatic heterocycles. The van der Waals surface area contributed by atoms with Gasteiger partial charge in [-0.1, -0.05) is 68.3 Å². The molecule has 0 saturated carbocycles. The number of likely N-dealkylation sites (tertiary alicyclic amines) is 1. The summed E-state index contributed by atoms with van der Waals surface area (Å²) in [6.45, 7) is 13.9. The summed E-state index contributed by atoms with van der Waals surface area (Å²) < 4.78 is 6.23. The van der Waals surface area contributed by atoms with Crippen LogP contribution in [0, 0.1) is 11.8 Å². The zero-order chi connectivity index (χ0) is 33.6. The lowest BCUT2D eigenvalue weighted by Gasteiger charge is -2.38. The van der Waals surface area contributed by atoms with Crippen LogP contribution in [0.25, 0.3) is 0 Å². The van der Waals surface area contributed by atoms with Gasteiger partial charge in [0.25, 0.3) is 0 Å². The zero-order valence-corrected chi connectivity index (χ0v) is 29.2. The van der Waals surface area contributed by atoms with Gasteiger partial charge in [-0.3, -0.25) is 19.7 Å². The van der Waals surface area contributed by atoms with Crippen LogP contribution in [0.2, 0.25) is 5.02 Å². The third-order valence-electron chi connectivity index (χ3n) is 8.62. The Morgan fingerprint density at radius 2 is 1.78 bits per heavy atom. The Kier molecular flexibility index (Phi) is 11.6. The molecule has 1 saturated heterocycles. The molecule has 4 rings (SSSR count). The molecule has 1 aliphatic carbocycles. The van der Waals surface area contributed by atoms with Gasteiger partial charge in [0.05, 0.1) is 24.3 Å².